The zero-order valence-corrected chi connectivity index (χ0v) is 16.4. The molecule has 2 aromatic carbocycles. The summed E-state index contributed by atoms with van der Waals surface area (Å²) in [6.45, 7) is 3.00. The van der Waals surface area contributed by atoms with Crippen LogP contribution in [0.4, 0.5) is 0 Å². The maximum Gasteiger partial charge on any atom is 0.119 e. The van der Waals surface area contributed by atoms with Crippen molar-refractivity contribution in [1.29, 1.82) is 5.26 Å². The normalized spacial score (nSPS) is 10.4. The van der Waals surface area contributed by atoms with E-state index in [2.05, 4.69) is 66.5 Å². The van der Waals surface area contributed by atoms with E-state index in [-0.39, 0.29) is 0 Å². The van der Waals surface area contributed by atoms with Crippen molar-refractivity contribution in [3.8, 4) is 23.1 Å². The van der Waals surface area contributed by atoms with Crippen LogP contribution >= 0.6 is 0 Å². The number of aromatic nitrogens is 1. The molecule has 0 aliphatic rings. The van der Waals surface area contributed by atoms with Crippen LogP contribution in [0.2, 0.25) is 0 Å². The molecule has 1 aromatic heterocycles. The molecule has 0 atom stereocenters. The van der Waals surface area contributed by atoms with Crippen molar-refractivity contribution >= 4 is 0 Å². The number of pyridine rings is 1. The Bertz CT molecular complexity index is 891. The van der Waals surface area contributed by atoms with E-state index in [0.717, 1.165) is 42.9 Å². The van der Waals surface area contributed by atoms with E-state index in [9.17, 15) is 0 Å². The van der Waals surface area contributed by atoms with Gasteiger partial charge in [0.25, 0.3) is 0 Å². The predicted octanol–water partition coefficient (Wildman–Crippen LogP) is 5.97. The Morgan fingerprint density at radius 2 is 1.54 bits per heavy atom. The van der Waals surface area contributed by atoms with Gasteiger partial charge in [-0.25, -0.2) is 0 Å². The molecule has 0 saturated heterocycles. The number of hydrogen-bond acceptors (Lipinski definition) is 3. The van der Waals surface area contributed by atoms with Crippen molar-refractivity contribution in [2.45, 2.75) is 39.0 Å². The van der Waals surface area contributed by atoms with Crippen LogP contribution in [0.5, 0.6) is 5.75 Å². The SMILES string of the molecule is CCCCCOc1ccc(CCc2ccc(-c3ccc(C#N)cn3)cc2)cc1. The molecule has 3 aromatic rings. The molecule has 0 amide bonds. The van der Waals surface area contributed by atoms with Gasteiger partial charge in [-0.3, -0.25) is 4.98 Å². The molecule has 0 saturated carbocycles. The number of ether oxygens (including phenoxy) is 1. The minimum Gasteiger partial charge on any atom is -0.494 e. The second-order valence-corrected chi connectivity index (χ2v) is 6.94. The maximum atomic E-state index is 8.86. The van der Waals surface area contributed by atoms with Crippen molar-refractivity contribution in [3.05, 3.63) is 83.6 Å². The van der Waals surface area contributed by atoms with Crippen LogP contribution in [-0.4, -0.2) is 11.6 Å². The Labute approximate surface area is 167 Å². The highest BCUT2D eigenvalue weighted by Gasteiger charge is 2.02. The summed E-state index contributed by atoms with van der Waals surface area (Å²) in [6.07, 6.45) is 7.17. The van der Waals surface area contributed by atoms with Crippen molar-refractivity contribution < 1.29 is 4.74 Å². The van der Waals surface area contributed by atoms with Gasteiger partial charge < -0.3 is 4.74 Å². The largest absolute Gasteiger partial charge is 0.494 e. The molecule has 0 N–H and O–H groups in total. The molecule has 142 valence electrons. The maximum absolute atomic E-state index is 8.86. The number of benzene rings is 2. The third-order valence-electron chi connectivity index (χ3n) is 4.78. The summed E-state index contributed by atoms with van der Waals surface area (Å²) in [6, 6.07) is 22.7. The van der Waals surface area contributed by atoms with Gasteiger partial charge in [-0.1, -0.05) is 56.2 Å². The van der Waals surface area contributed by atoms with E-state index >= 15 is 0 Å². The average Bonchev–Trinajstić information content (AvgIpc) is 2.76. The van der Waals surface area contributed by atoms with Gasteiger partial charge in [-0.15, -0.1) is 0 Å². The first-order valence-electron chi connectivity index (χ1n) is 9.95. The highest BCUT2D eigenvalue weighted by Crippen LogP contribution is 2.19. The Hall–Kier alpha value is -3.12. The van der Waals surface area contributed by atoms with Crippen molar-refractivity contribution in [3.63, 3.8) is 0 Å². The molecule has 3 heteroatoms. The van der Waals surface area contributed by atoms with Crippen LogP contribution in [0.3, 0.4) is 0 Å². The fourth-order valence-electron chi connectivity index (χ4n) is 3.06. The lowest BCUT2D eigenvalue weighted by Gasteiger charge is -2.08. The summed E-state index contributed by atoms with van der Waals surface area (Å²) in [4.78, 5) is 4.35. The van der Waals surface area contributed by atoms with Gasteiger partial charge in [0.2, 0.25) is 0 Å². The Kier molecular flexibility index (Phi) is 7.21. The molecule has 0 aliphatic heterocycles. The first-order valence-corrected chi connectivity index (χ1v) is 9.95. The molecule has 0 aliphatic carbocycles. The van der Waals surface area contributed by atoms with Crippen molar-refractivity contribution in [2.75, 3.05) is 6.61 Å². The topological polar surface area (TPSA) is 45.9 Å². The number of hydrogen-bond donors (Lipinski definition) is 0. The molecular weight excluding hydrogens is 344 g/mol. The molecule has 0 spiro atoms. The van der Waals surface area contributed by atoms with E-state index < -0.39 is 0 Å². The van der Waals surface area contributed by atoms with Gasteiger partial charge >= 0.3 is 0 Å². The Morgan fingerprint density at radius 3 is 2.11 bits per heavy atom. The van der Waals surface area contributed by atoms with Crippen LogP contribution in [0.25, 0.3) is 11.3 Å². The van der Waals surface area contributed by atoms with E-state index in [1.54, 1.807) is 12.3 Å². The second-order valence-electron chi connectivity index (χ2n) is 6.94. The molecule has 1 heterocycles. The van der Waals surface area contributed by atoms with Crippen LogP contribution in [0.15, 0.2) is 66.9 Å². The van der Waals surface area contributed by atoms with Gasteiger partial charge in [0.1, 0.15) is 11.8 Å². The summed E-state index contributed by atoms with van der Waals surface area (Å²) in [5.74, 6) is 0.958. The van der Waals surface area contributed by atoms with Crippen molar-refractivity contribution in [2.24, 2.45) is 0 Å². The summed E-state index contributed by atoms with van der Waals surface area (Å²) >= 11 is 0. The van der Waals surface area contributed by atoms with Crippen molar-refractivity contribution in [1.82, 2.24) is 4.98 Å². The van der Waals surface area contributed by atoms with Crippen LogP contribution in [0.1, 0.15) is 42.9 Å². The zero-order valence-electron chi connectivity index (χ0n) is 16.4. The number of aryl methyl sites for hydroxylation is 2. The van der Waals surface area contributed by atoms with Gasteiger partial charge in [0, 0.05) is 11.8 Å². The van der Waals surface area contributed by atoms with Gasteiger partial charge in [0.05, 0.1) is 17.9 Å². The van der Waals surface area contributed by atoms with E-state index in [1.807, 2.05) is 6.07 Å². The average molecular weight is 370 g/mol. The third-order valence-corrected chi connectivity index (χ3v) is 4.78. The summed E-state index contributed by atoms with van der Waals surface area (Å²) in [7, 11) is 0. The lowest BCUT2D eigenvalue weighted by atomic mass is 10.0. The van der Waals surface area contributed by atoms with Crippen LogP contribution in [0, 0.1) is 11.3 Å². The predicted molar refractivity (Wildman–Crippen MR) is 113 cm³/mol. The summed E-state index contributed by atoms with van der Waals surface area (Å²) < 4.78 is 5.77. The van der Waals surface area contributed by atoms with Gasteiger partial charge in [0.15, 0.2) is 0 Å². The van der Waals surface area contributed by atoms with E-state index in [4.69, 9.17) is 10.00 Å². The molecule has 3 nitrogen and oxygen atoms in total. The van der Waals surface area contributed by atoms with Gasteiger partial charge in [-0.2, -0.15) is 5.26 Å². The van der Waals surface area contributed by atoms with Crippen LogP contribution < -0.4 is 4.74 Å². The minimum absolute atomic E-state index is 0.581. The second kappa shape index (κ2) is 10.3. The lowest BCUT2D eigenvalue weighted by molar-refractivity contribution is 0.306. The Morgan fingerprint density at radius 1 is 0.857 bits per heavy atom. The number of unbranched alkanes of at least 4 members (excludes halogenated alkanes) is 2. The fraction of sp³-hybridized carbons (Fsp3) is 0.280. The van der Waals surface area contributed by atoms with Gasteiger partial charge in [-0.05, 0) is 54.7 Å². The van der Waals surface area contributed by atoms with E-state index in [1.165, 1.54) is 24.0 Å². The highest BCUT2D eigenvalue weighted by molar-refractivity contribution is 5.59. The third kappa shape index (κ3) is 5.69. The highest BCUT2D eigenvalue weighted by atomic mass is 16.5. The molecule has 0 radical (unpaired) electrons. The first kappa shape index (κ1) is 19.6. The molecule has 28 heavy (non-hydrogen) atoms. The number of nitriles is 1. The number of nitrogens with zero attached hydrogens (tertiary/aromatic N) is 2. The zero-order chi connectivity index (χ0) is 19.6. The molecule has 0 bridgehead atoms. The number of rotatable bonds is 9. The molecule has 0 unspecified atom stereocenters. The standard InChI is InChI=1S/C25H26N2O/c1-2-3-4-17-28-24-14-9-21(10-15-24)6-5-20-7-12-23(13-8-20)25-16-11-22(18-26)19-27-25/h7-16,19H,2-6,17H2,1H3. The quantitative estimate of drug-likeness (QED) is 0.436. The Balaban J connectivity index is 1.51. The fourth-order valence-corrected chi connectivity index (χ4v) is 3.06. The minimum atomic E-state index is 0.581. The molecule has 3 rings (SSSR count). The summed E-state index contributed by atoms with van der Waals surface area (Å²) in [5.41, 5.74) is 5.16. The molecular formula is C25H26N2O. The van der Waals surface area contributed by atoms with Crippen LogP contribution in [-0.2, 0) is 12.8 Å². The van der Waals surface area contributed by atoms with E-state index in [0.29, 0.717) is 5.56 Å². The monoisotopic (exact) mass is 370 g/mol. The smallest absolute Gasteiger partial charge is 0.119 e. The lowest BCUT2D eigenvalue weighted by Crippen LogP contribution is -1.97. The summed E-state index contributed by atoms with van der Waals surface area (Å²) in [5, 5.41) is 8.86. The molecule has 0 fully saturated rings. The first-order chi connectivity index (χ1) is 13.8.